The van der Waals surface area contributed by atoms with Crippen LogP contribution in [0.25, 0.3) is 0 Å². The Morgan fingerprint density at radius 2 is 0.418 bits per heavy atom. The number of aliphatic hydroxyl groups is 20. The van der Waals surface area contributed by atoms with Crippen LogP contribution < -0.4 is 0 Å². The first-order valence-electron chi connectivity index (χ1n) is 21.1. The average molecular weight is 991 g/mol. The molecule has 6 rings (SSSR count). The van der Waals surface area contributed by atoms with Crippen LogP contribution in [0.2, 0.25) is 0 Å². The zero-order chi connectivity index (χ0) is 49.3. The van der Waals surface area contributed by atoms with Crippen molar-refractivity contribution in [3.8, 4) is 0 Å². The molecule has 0 saturated carbocycles. The molecule has 6 heterocycles. The van der Waals surface area contributed by atoms with Gasteiger partial charge in [0.1, 0.15) is 146 Å². The molecule has 0 amide bonds. The minimum absolute atomic E-state index is 0.692. The second kappa shape index (κ2) is 23.5. The lowest BCUT2D eigenvalue weighted by molar-refractivity contribution is -0.352. The summed E-state index contributed by atoms with van der Waals surface area (Å²) in [4.78, 5) is 0. The van der Waals surface area contributed by atoms with Gasteiger partial charge in [-0.15, -0.1) is 0 Å². The third-order valence-corrected chi connectivity index (χ3v) is 12.3. The van der Waals surface area contributed by atoms with Crippen LogP contribution in [-0.4, -0.2) is 326 Å². The number of rotatable bonds is 16. The lowest BCUT2D eigenvalue weighted by atomic mass is 9.97. The third kappa shape index (κ3) is 12.0. The van der Waals surface area contributed by atoms with Crippen molar-refractivity contribution in [2.75, 3.05) is 39.6 Å². The fourth-order valence-electron chi connectivity index (χ4n) is 7.99. The van der Waals surface area contributed by atoms with Gasteiger partial charge in [-0.2, -0.15) is 0 Å². The molecule has 0 aromatic rings. The Kier molecular flexibility index (Phi) is 19.4. The molecule has 6 aliphatic heterocycles. The molecule has 0 spiro atoms. The van der Waals surface area contributed by atoms with Crippen molar-refractivity contribution in [2.45, 2.75) is 184 Å². The molecule has 0 radical (unpaired) electrons. The molecule has 0 bridgehead atoms. The predicted molar refractivity (Wildman–Crippen MR) is 199 cm³/mol. The van der Waals surface area contributed by atoms with E-state index in [4.69, 9.17) is 52.1 Å². The van der Waals surface area contributed by atoms with Gasteiger partial charge in [0.25, 0.3) is 0 Å². The van der Waals surface area contributed by atoms with Gasteiger partial charge in [0, 0.05) is 0 Å². The van der Waals surface area contributed by atoms with Gasteiger partial charge in [-0.1, -0.05) is 0 Å². The fraction of sp³-hybridized carbons (Fsp3) is 1.00. The van der Waals surface area contributed by atoms with Crippen molar-refractivity contribution in [2.24, 2.45) is 0 Å². The maximum absolute atomic E-state index is 10.7. The zero-order valence-electron chi connectivity index (χ0n) is 35.0. The Balaban J connectivity index is 1.01. The average Bonchev–Trinajstić information content (AvgIpc) is 3.31. The Hall–Kier alpha value is -1.24. The molecule has 31 nitrogen and oxygen atoms in total. The lowest BCUT2D eigenvalue weighted by Gasteiger charge is -2.44. The smallest absolute Gasteiger partial charge is 0.186 e. The molecule has 392 valence electrons. The van der Waals surface area contributed by atoms with E-state index in [9.17, 15) is 102 Å². The maximum atomic E-state index is 10.7. The largest absolute Gasteiger partial charge is 0.394 e. The van der Waals surface area contributed by atoms with Crippen LogP contribution in [0, 0.1) is 0 Å². The monoisotopic (exact) mass is 990 g/mol. The van der Waals surface area contributed by atoms with Crippen molar-refractivity contribution >= 4 is 0 Å². The van der Waals surface area contributed by atoms with Crippen LogP contribution in [-0.2, 0) is 52.1 Å². The SMILES string of the molecule is OC[C@H]1O[C@@H](OC[C@H]2O[C@@H](OC[C@H]3O[C@@H](OC[C@H]4O[C@@H](OC[C@H]5O[C@@H](OC[C@H]6OC(O)[C@H](O)[C@@H](O)[C@H]6O)[C@H](O)[C@@H](O)[C@H]5O)[C@H](O)[C@@H](O)[C@H]4O)[C@H](O)[C@@H](O)[C@H]3O)[C@H](O)[C@@H](O)[C@H]2O)[C@H](O)[C@@H](O)[C@H]1O. The topological polar surface area (TPSA) is 506 Å². The number of hydrogen-bond donors (Lipinski definition) is 20. The normalized spacial score (nSPS) is 53.4. The van der Waals surface area contributed by atoms with Crippen molar-refractivity contribution in [1.82, 2.24) is 0 Å². The van der Waals surface area contributed by atoms with Gasteiger partial charge in [-0.25, -0.2) is 0 Å². The molecule has 31 heteroatoms. The summed E-state index contributed by atoms with van der Waals surface area (Å²) in [6, 6.07) is 0. The Morgan fingerprint density at radius 1 is 0.224 bits per heavy atom. The highest BCUT2D eigenvalue weighted by Crippen LogP contribution is 2.31. The third-order valence-electron chi connectivity index (χ3n) is 12.3. The van der Waals surface area contributed by atoms with Crippen molar-refractivity contribution in [3.05, 3.63) is 0 Å². The van der Waals surface area contributed by atoms with Crippen molar-refractivity contribution < 1.29 is 154 Å². The molecular weight excluding hydrogens is 928 g/mol. The molecule has 30 atom stereocenters. The van der Waals surface area contributed by atoms with Gasteiger partial charge >= 0.3 is 0 Å². The molecule has 6 saturated heterocycles. The van der Waals surface area contributed by atoms with E-state index in [1.807, 2.05) is 0 Å². The van der Waals surface area contributed by atoms with Crippen LogP contribution in [0.15, 0.2) is 0 Å². The summed E-state index contributed by atoms with van der Waals surface area (Å²) in [5, 5.41) is 206. The van der Waals surface area contributed by atoms with Crippen LogP contribution in [0.5, 0.6) is 0 Å². The van der Waals surface area contributed by atoms with E-state index in [2.05, 4.69) is 0 Å². The molecule has 0 aromatic heterocycles. The van der Waals surface area contributed by atoms with E-state index in [1.165, 1.54) is 0 Å². The first-order valence-corrected chi connectivity index (χ1v) is 21.1. The quantitative estimate of drug-likeness (QED) is 0.0683. The van der Waals surface area contributed by atoms with E-state index in [1.54, 1.807) is 0 Å². The first kappa shape index (κ1) is 55.1. The zero-order valence-corrected chi connectivity index (χ0v) is 35.0. The van der Waals surface area contributed by atoms with Crippen LogP contribution in [0.3, 0.4) is 0 Å². The van der Waals surface area contributed by atoms with Gasteiger partial charge in [-0.3, -0.25) is 0 Å². The number of aliphatic hydroxyl groups excluding tert-OH is 20. The van der Waals surface area contributed by atoms with Gasteiger partial charge in [0.2, 0.25) is 0 Å². The van der Waals surface area contributed by atoms with Crippen LogP contribution >= 0.6 is 0 Å². The molecule has 1 unspecified atom stereocenters. The van der Waals surface area contributed by atoms with E-state index in [0.717, 1.165) is 0 Å². The summed E-state index contributed by atoms with van der Waals surface area (Å²) in [5.74, 6) is 0. The van der Waals surface area contributed by atoms with Gasteiger partial charge < -0.3 is 154 Å². The second-order valence-electron chi connectivity index (χ2n) is 17.0. The first-order chi connectivity index (χ1) is 31.6. The highest BCUT2D eigenvalue weighted by molar-refractivity contribution is 4.96. The molecule has 0 aromatic carbocycles. The van der Waals surface area contributed by atoms with Gasteiger partial charge in [-0.05, 0) is 0 Å². The van der Waals surface area contributed by atoms with Gasteiger partial charge in [0.05, 0.1) is 39.6 Å². The van der Waals surface area contributed by atoms with E-state index in [0.29, 0.717) is 0 Å². The molecule has 6 fully saturated rings. The molecule has 20 N–H and O–H groups in total. The lowest BCUT2D eigenvalue weighted by Crippen LogP contribution is -2.63. The molecular formula is C36H62O31. The van der Waals surface area contributed by atoms with Crippen molar-refractivity contribution in [3.63, 3.8) is 0 Å². The maximum Gasteiger partial charge on any atom is 0.186 e. The van der Waals surface area contributed by atoms with Gasteiger partial charge in [0.15, 0.2) is 37.7 Å². The summed E-state index contributed by atoms with van der Waals surface area (Å²) < 4.78 is 59.7. The predicted octanol–water partition coefficient (Wildman–Crippen LogP) is -14.1. The Morgan fingerprint density at radius 3 is 0.657 bits per heavy atom. The number of hydrogen-bond acceptors (Lipinski definition) is 31. The van der Waals surface area contributed by atoms with E-state index >= 15 is 0 Å². The highest BCUT2D eigenvalue weighted by Gasteiger charge is 2.52. The summed E-state index contributed by atoms with van der Waals surface area (Å²) >= 11 is 0. The molecule has 6 aliphatic rings. The summed E-state index contributed by atoms with van der Waals surface area (Å²) in [6.45, 7) is -4.51. The fourth-order valence-corrected chi connectivity index (χ4v) is 7.99. The van der Waals surface area contributed by atoms with Crippen LogP contribution in [0.1, 0.15) is 0 Å². The van der Waals surface area contributed by atoms with Crippen molar-refractivity contribution in [1.29, 1.82) is 0 Å². The minimum Gasteiger partial charge on any atom is -0.394 e. The Labute approximate surface area is 378 Å². The second-order valence-corrected chi connectivity index (χ2v) is 17.0. The highest BCUT2D eigenvalue weighted by atomic mass is 16.8. The summed E-state index contributed by atoms with van der Waals surface area (Å²) in [7, 11) is 0. The number of ether oxygens (including phenoxy) is 11. The minimum atomic E-state index is -2.01. The van der Waals surface area contributed by atoms with Crippen LogP contribution in [0.4, 0.5) is 0 Å². The standard InChI is InChI=1S/C36H62O31/c37-1-7-13(38)20(45)26(51)32(63-7)58-3-9-15(40)22(47)28(53)34(65-9)60-5-11-17(42)24(49)30(55)36(67-11)61-6-12-18(43)23(48)29(54)35(66-12)59-4-10-16(41)21(46)27(52)33(64-10)57-2-8-14(39)19(44)25(50)31(56)62-8/h7-56H,1-6H2/t7-,8-,9-,10-,11-,12-,13+,14+,15+,16+,17+,18+,19+,20+,21+,22+,23+,24+,25-,26-,27-,28-,29-,30-,31?,32-,33-,34-,35-,36-/m1/s1. The van der Waals surface area contributed by atoms with E-state index < -0.39 is 224 Å². The summed E-state index contributed by atoms with van der Waals surface area (Å²) in [5.41, 5.74) is 0. The van der Waals surface area contributed by atoms with E-state index in [-0.39, 0.29) is 0 Å². The summed E-state index contributed by atoms with van der Waals surface area (Å²) in [6.07, 6.45) is -54.2. The molecule has 0 aliphatic carbocycles. The molecule has 67 heavy (non-hydrogen) atoms. The Bertz CT molecular complexity index is 1510.